The Morgan fingerprint density at radius 2 is 1.79 bits per heavy atom. The van der Waals surface area contributed by atoms with Gasteiger partial charge < -0.3 is 0 Å². The van der Waals surface area contributed by atoms with E-state index in [1.807, 2.05) is 30.5 Å². The lowest BCUT2D eigenvalue weighted by Gasteiger charge is -2.00. The van der Waals surface area contributed by atoms with Gasteiger partial charge in [0.1, 0.15) is 0 Å². The molecule has 0 saturated heterocycles. The third kappa shape index (κ3) is 2.45. The van der Waals surface area contributed by atoms with Crippen LogP contribution in [0.5, 0.6) is 0 Å². The largest absolute Gasteiger partial charge is 0.220 e. The molecule has 0 bridgehead atoms. The highest BCUT2D eigenvalue weighted by atomic mass is 35.5. The molecule has 0 amide bonds. The fourth-order valence-corrected chi connectivity index (χ4v) is 2.06. The highest BCUT2D eigenvalue weighted by molar-refractivity contribution is 6.33. The van der Waals surface area contributed by atoms with Crippen molar-refractivity contribution >= 4 is 23.2 Å². The average Bonchev–Trinajstić information content (AvgIpc) is 2.89. The van der Waals surface area contributed by atoms with Crippen molar-refractivity contribution in [3.8, 4) is 16.9 Å². The number of hydrogen-bond donors (Lipinski definition) is 0. The number of hydrogen-bond acceptors (Lipinski definition) is 3. The maximum absolute atomic E-state index is 6.15. The maximum Gasteiger partial charge on any atom is 0.175 e. The molecule has 0 unspecified atom stereocenters. The minimum atomic E-state index is 0.349. The zero-order valence-electron chi connectivity index (χ0n) is 9.66. The van der Waals surface area contributed by atoms with E-state index in [1.165, 1.54) is 0 Å². The maximum atomic E-state index is 6.15. The molecular weight excluding hydrogens is 283 g/mol. The van der Waals surface area contributed by atoms with Crippen LogP contribution in [-0.4, -0.2) is 20.0 Å². The van der Waals surface area contributed by atoms with E-state index in [-0.39, 0.29) is 0 Å². The lowest BCUT2D eigenvalue weighted by molar-refractivity contribution is 0.814. The first-order valence-electron chi connectivity index (χ1n) is 5.53. The summed E-state index contributed by atoms with van der Waals surface area (Å²) in [5.74, 6) is 0.600. The fourth-order valence-electron chi connectivity index (χ4n) is 1.71. The molecule has 0 N–H and O–H groups in total. The Hall–Kier alpha value is -1.91. The Balaban J connectivity index is 2.00. The molecule has 0 aliphatic carbocycles. The first kappa shape index (κ1) is 12.1. The standard InChI is InChI=1S/C13H8Cl2N4/c14-11-4-2-1-3-10(11)9-7-16-19(8-9)13-6-5-12(15)17-18-13/h1-8H. The van der Waals surface area contributed by atoms with Crippen molar-refractivity contribution in [2.24, 2.45) is 0 Å². The Kier molecular flexibility index (Phi) is 3.19. The van der Waals surface area contributed by atoms with Crippen LogP contribution in [0.1, 0.15) is 0 Å². The molecule has 3 aromatic rings. The number of benzene rings is 1. The highest BCUT2D eigenvalue weighted by Gasteiger charge is 2.07. The van der Waals surface area contributed by atoms with Gasteiger partial charge in [-0.15, -0.1) is 10.2 Å². The van der Waals surface area contributed by atoms with Gasteiger partial charge in [0.05, 0.1) is 6.20 Å². The van der Waals surface area contributed by atoms with E-state index in [4.69, 9.17) is 23.2 Å². The van der Waals surface area contributed by atoms with Gasteiger partial charge in [0.15, 0.2) is 11.0 Å². The van der Waals surface area contributed by atoms with Gasteiger partial charge in [0.2, 0.25) is 0 Å². The van der Waals surface area contributed by atoms with Crippen LogP contribution in [0.3, 0.4) is 0 Å². The zero-order chi connectivity index (χ0) is 13.2. The molecule has 0 aliphatic heterocycles. The molecule has 2 heterocycles. The van der Waals surface area contributed by atoms with E-state index in [9.17, 15) is 0 Å². The van der Waals surface area contributed by atoms with Crippen molar-refractivity contribution in [2.45, 2.75) is 0 Å². The Bertz CT molecular complexity index is 707. The molecule has 0 aliphatic rings. The summed E-state index contributed by atoms with van der Waals surface area (Å²) in [4.78, 5) is 0. The molecule has 19 heavy (non-hydrogen) atoms. The van der Waals surface area contributed by atoms with E-state index >= 15 is 0 Å². The van der Waals surface area contributed by atoms with E-state index in [2.05, 4.69) is 15.3 Å². The van der Waals surface area contributed by atoms with Gasteiger partial charge >= 0.3 is 0 Å². The summed E-state index contributed by atoms with van der Waals surface area (Å²) in [6.45, 7) is 0. The van der Waals surface area contributed by atoms with Gasteiger partial charge in [-0.1, -0.05) is 41.4 Å². The van der Waals surface area contributed by atoms with Crippen LogP contribution < -0.4 is 0 Å². The van der Waals surface area contributed by atoms with Gasteiger partial charge in [0, 0.05) is 22.3 Å². The van der Waals surface area contributed by atoms with E-state index in [1.54, 1.807) is 23.0 Å². The second-order valence-corrected chi connectivity index (χ2v) is 4.66. The average molecular weight is 291 g/mol. The fraction of sp³-hybridized carbons (Fsp3) is 0. The van der Waals surface area contributed by atoms with Crippen LogP contribution in [0.15, 0.2) is 48.8 Å². The van der Waals surface area contributed by atoms with E-state index in [0.29, 0.717) is 16.0 Å². The topological polar surface area (TPSA) is 43.6 Å². The first-order chi connectivity index (χ1) is 9.24. The molecule has 3 rings (SSSR count). The third-order valence-corrected chi connectivity index (χ3v) is 3.15. The van der Waals surface area contributed by atoms with Gasteiger partial charge in [-0.25, -0.2) is 4.68 Å². The molecule has 0 atom stereocenters. The smallest absolute Gasteiger partial charge is 0.175 e. The second-order valence-electron chi connectivity index (χ2n) is 3.87. The van der Waals surface area contributed by atoms with Crippen LogP contribution in [-0.2, 0) is 0 Å². The summed E-state index contributed by atoms with van der Waals surface area (Å²) in [7, 11) is 0. The van der Waals surface area contributed by atoms with Crippen molar-refractivity contribution in [3.05, 3.63) is 59.0 Å². The van der Waals surface area contributed by atoms with E-state index in [0.717, 1.165) is 11.1 Å². The Morgan fingerprint density at radius 1 is 0.947 bits per heavy atom. The molecule has 0 spiro atoms. The van der Waals surface area contributed by atoms with Crippen LogP contribution in [0.2, 0.25) is 10.2 Å². The van der Waals surface area contributed by atoms with Crippen LogP contribution in [0, 0.1) is 0 Å². The molecule has 1 aromatic carbocycles. The molecule has 2 aromatic heterocycles. The van der Waals surface area contributed by atoms with Gasteiger partial charge in [-0.3, -0.25) is 0 Å². The molecule has 4 nitrogen and oxygen atoms in total. The predicted molar refractivity (Wildman–Crippen MR) is 74.6 cm³/mol. The number of aromatic nitrogens is 4. The van der Waals surface area contributed by atoms with Crippen molar-refractivity contribution in [2.75, 3.05) is 0 Å². The minimum absolute atomic E-state index is 0.349. The first-order valence-corrected chi connectivity index (χ1v) is 6.29. The van der Waals surface area contributed by atoms with Gasteiger partial charge in [-0.05, 0) is 18.2 Å². The number of nitrogens with zero attached hydrogens (tertiary/aromatic N) is 4. The SMILES string of the molecule is Clc1ccc(-n2cc(-c3ccccc3Cl)cn2)nn1. The van der Waals surface area contributed by atoms with Gasteiger partial charge in [-0.2, -0.15) is 5.10 Å². The summed E-state index contributed by atoms with van der Waals surface area (Å²) in [6, 6.07) is 11.0. The summed E-state index contributed by atoms with van der Waals surface area (Å²) in [5.41, 5.74) is 1.85. The molecule has 94 valence electrons. The van der Waals surface area contributed by atoms with Crippen molar-refractivity contribution < 1.29 is 0 Å². The Morgan fingerprint density at radius 3 is 2.53 bits per heavy atom. The zero-order valence-corrected chi connectivity index (χ0v) is 11.2. The monoisotopic (exact) mass is 290 g/mol. The van der Waals surface area contributed by atoms with Crippen LogP contribution >= 0.6 is 23.2 Å². The Labute approximate surface area is 119 Å². The summed E-state index contributed by atoms with van der Waals surface area (Å²) < 4.78 is 1.63. The number of rotatable bonds is 2. The molecule has 0 saturated carbocycles. The van der Waals surface area contributed by atoms with Gasteiger partial charge in [0.25, 0.3) is 0 Å². The van der Waals surface area contributed by atoms with Crippen molar-refractivity contribution in [3.63, 3.8) is 0 Å². The number of halogens is 2. The lowest BCUT2D eigenvalue weighted by Crippen LogP contribution is -1.98. The normalized spacial score (nSPS) is 10.6. The molecule has 0 fully saturated rings. The summed E-state index contributed by atoms with van der Waals surface area (Å²) >= 11 is 11.9. The summed E-state index contributed by atoms with van der Waals surface area (Å²) in [6.07, 6.45) is 3.58. The lowest BCUT2D eigenvalue weighted by atomic mass is 10.1. The molecule has 0 radical (unpaired) electrons. The van der Waals surface area contributed by atoms with Crippen molar-refractivity contribution in [1.82, 2.24) is 20.0 Å². The molecule has 6 heteroatoms. The van der Waals surface area contributed by atoms with E-state index < -0.39 is 0 Å². The summed E-state index contributed by atoms with van der Waals surface area (Å²) in [5, 5.41) is 13.0. The third-order valence-electron chi connectivity index (χ3n) is 2.62. The van der Waals surface area contributed by atoms with Crippen LogP contribution in [0.4, 0.5) is 0 Å². The van der Waals surface area contributed by atoms with Crippen LogP contribution in [0.25, 0.3) is 16.9 Å². The molecular formula is C13H8Cl2N4. The second kappa shape index (κ2) is 4.99. The highest BCUT2D eigenvalue weighted by Crippen LogP contribution is 2.27. The minimum Gasteiger partial charge on any atom is -0.220 e. The predicted octanol–water partition coefficient (Wildman–Crippen LogP) is 3.64. The quantitative estimate of drug-likeness (QED) is 0.724. The van der Waals surface area contributed by atoms with Crippen molar-refractivity contribution in [1.29, 1.82) is 0 Å².